The molecule has 9 heteroatoms. The molecule has 0 atom stereocenters. The van der Waals surface area contributed by atoms with E-state index in [1.807, 2.05) is 41.9 Å². The van der Waals surface area contributed by atoms with Gasteiger partial charge in [0.25, 0.3) is 5.91 Å². The molecule has 0 radical (unpaired) electrons. The Morgan fingerprint density at radius 1 is 1.18 bits per heavy atom. The van der Waals surface area contributed by atoms with E-state index >= 15 is 0 Å². The third-order valence-corrected chi connectivity index (χ3v) is 4.77. The van der Waals surface area contributed by atoms with Gasteiger partial charge >= 0.3 is 0 Å². The Balaban J connectivity index is 0.00000280. The topological polar surface area (TPSA) is 101 Å². The van der Waals surface area contributed by atoms with Crippen LogP contribution in [-0.2, 0) is 11.3 Å². The summed E-state index contributed by atoms with van der Waals surface area (Å²) >= 11 is 0. The molecule has 2 heterocycles. The van der Waals surface area contributed by atoms with Gasteiger partial charge in [0.1, 0.15) is 0 Å². The Morgan fingerprint density at radius 3 is 2.61 bits per heavy atom. The van der Waals surface area contributed by atoms with Gasteiger partial charge in [0, 0.05) is 19.5 Å². The highest BCUT2D eigenvalue weighted by Crippen LogP contribution is 2.20. The Morgan fingerprint density at radius 2 is 1.89 bits per heavy atom. The quantitative estimate of drug-likeness (QED) is 0.644. The maximum Gasteiger partial charge on any atom is 0.273 e. The minimum absolute atomic E-state index is 0. The molecule has 0 bridgehead atoms. The van der Waals surface area contributed by atoms with Crippen molar-refractivity contribution in [3.63, 3.8) is 0 Å². The fourth-order valence-corrected chi connectivity index (χ4v) is 3.21. The van der Waals surface area contributed by atoms with E-state index < -0.39 is 0 Å². The summed E-state index contributed by atoms with van der Waals surface area (Å²) in [6.45, 7) is 4.51. The van der Waals surface area contributed by atoms with Crippen LogP contribution in [0.3, 0.4) is 0 Å². The minimum atomic E-state index is -0.288. The molecule has 1 aromatic carbocycles. The molecule has 1 aliphatic heterocycles. The van der Waals surface area contributed by atoms with Gasteiger partial charge in [0.2, 0.25) is 5.91 Å². The van der Waals surface area contributed by atoms with Crippen molar-refractivity contribution in [1.29, 1.82) is 0 Å². The maximum atomic E-state index is 12.4. The highest BCUT2D eigenvalue weighted by atomic mass is 35.5. The van der Waals surface area contributed by atoms with Crippen molar-refractivity contribution in [2.75, 3.05) is 19.6 Å². The summed E-state index contributed by atoms with van der Waals surface area (Å²) in [5.41, 5.74) is 2.14. The number of carbonyl (C=O) groups is 2. The van der Waals surface area contributed by atoms with Crippen molar-refractivity contribution in [3.05, 3.63) is 47.3 Å². The monoisotopic (exact) mass is 406 g/mol. The Labute approximate surface area is 170 Å². The van der Waals surface area contributed by atoms with Gasteiger partial charge in [0.15, 0.2) is 5.69 Å². The van der Waals surface area contributed by atoms with Crippen molar-refractivity contribution in [2.24, 2.45) is 0 Å². The van der Waals surface area contributed by atoms with E-state index in [0.29, 0.717) is 12.2 Å². The van der Waals surface area contributed by atoms with E-state index in [9.17, 15) is 9.59 Å². The fraction of sp³-hybridized carbons (Fsp3) is 0.474. The zero-order valence-electron chi connectivity index (χ0n) is 16.0. The first-order valence-electron chi connectivity index (χ1n) is 9.36. The summed E-state index contributed by atoms with van der Waals surface area (Å²) in [5, 5.41) is 17.1. The van der Waals surface area contributed by atoms with E-state index in [0.717, 1.165) is 37.2 Å². The standard InChI is InChI=1S/C19H26N6O2.ClH/c1-14-18(23-24-25(14)16-7-10-20-11-8-16)19(27)21-12-9-17(26)22-13-15-5-3-2-4-6-15;/h2-6,16,20H,7-13H2,1H3,(H,21,27)(H,22,26);1H. The molecule has 8 nitrogen and oxygen atoms in total. The highest BCUT2D eigenvalue weighted by molar-refractivity contribution is 5.93. The third kappa shape index (κ3) is 5.77. The number of rotatable bonds is 7. The average Bonchev–Trinajstić information content (AvgIpc) is 3.09. The number of piperidine rings is 1. The summed E-state index contributed by atoms with van der Waals surface area (Å²) in [6, 6.07) is 9.99. The third-order valence-electron chi connectivity index (χ3n) is 4.77. The molecule has 3 rings (SSSR count). The molecule has 1 aliphatic rings. The van der Waals surface area contributed by atoms with E-state index in [-0.39, 0.29) is 43.2 Å². The SMILES string of the molecule is Cc1c(C(=O)NCCC(=O)NCc2ccccc2)nnn1C1CCNCC1.Cl. The first-order chi connectivity index (χ1) is 13.1. The highest BCUT2D eigenvalue weighted by Gasteiger charge is 2.22. The lowest BCUT2D eigenvalue weighted by atomic mass is 10.1. The lowest BCUT2D eigenvalue weighted by Gasteiger charge is -2.23. The van der Waals surface area contributed by atoms with Gasteiger partial charge in [-0.15, -0.1) is 17.5 Å². The van der Waals surface area contributed by atoms with Crippen LogP contribution in [0.4, 0.5) is 0 Å². The molecule has 1 aromatic heterocycles. The number of benzene rings is 1. The molecule has 0 spiro atoms. The molecular weight excluding hydrogens is 380 g/mol. The number of carbonyl (C=O) groups excluding carboxylic acids is 2. The zero-order valence-corrected chi connectivity index (χ0v) is 16.8. The maximum absolute atomic E-state index is 12.4. The Bertz CT molecular complexity index is 774. The molecule has 1 fully saturated rings. The van der Waals surface area contributed by atoms with E-state index in [1.165, 1.54) is 0 Å². The molecule has 0 unspecified atom stereocenters. The second-order valence-corrected chi connectivity index (χ2v) is 6.72. The van der Waals surface area contributed by atoms with Crippen LogP contribution >= 0.6 is 12.4 Å². The lowest BCUT2D eigenvalue weighted by Crippen LogP contribution is -2.31. The second-order valence-electron chi connectivity index (χ2n) is 6.72. The molecule has 28 heavy (non-hydrogen) atoms. The summed E-state index contributed by atoms with van der Waals surface area (Å²) in [6.07, 6.45) is 2.18. The van der Waals surface area contributed by atoms with Gasteiger partial charge in [0.05, 0.1) is 11.7 Å². The van der Waals surface area contributed by atoms with Gasteiger partial charge < -0.3 is 16.0 Å². The number of nitrogens with one attached hydrogen (secondary N) is 3. The number of hydrogen-bond acceptors (Lipinski definition) is 5. The predicted molar refractivity (Wildman–Crippen MR) is 108 cm³/mol. The van der Waals surface area contributed by atoms with Crippen LogP contribution in [0, 0.1) is 6.92 Å². The average molecular weight is 407 g/mol. The van der Waals surface area contributed by atoms with Crippen LogP contribution < -0.4 is 16.0 Å². The minimum Gasteiger partial charge on any atom is -0.352 e. The van der Waals surface area contributed by atoms with Crippen LogP contribution in [0.15, 0.2) is 30.3 Å². The van der Waals surface area contributed by atoms with Crippen molar-refractivity contribution in [3.8, 4) is 0 Å². The number of hydrogen-bond donors (Lipinski definition) is 3. The summed E-state index contributed by atoms with van der Waals surface area (Å²) in [4.78, 5) is 24.3. The van der Waals surface area contributed by atoms with Gasteiger partial charge in [-0.25, -0.2) is 4.68 Å². The lowest BCUT2D eigenvalue weighted by molar-refractivity contribution is -0.121. The van der Waals surface area contributed by atoms with Crippen LogP contribution in [0.5, 0.6) is 0 Å². The van der Waals surface area contributed by atoms with Crippen LogP contribution in [0.25, 0.3) is 0 Å². The van der Waals surface area contributed by atoms with Crippen molar-refractivity contribution >= 4 is 24.2 Å². The van der Waals surface area contributed by atoms with E-state index in [4.69, 9.17) is 0 Å². The van der Waals surface area contributed by atoms with Crippen LogP contribution in [0.1, 0.15) is 47.1 Å². The Kier molecular flexibility index (Phi) is 8.41. The molecule has 2 aromatic rings. The molecule has 1 saturated heterocycles. The van der Waals surface area contributed by atoms with Gasteiger partial charge in [-0.3, -0.25) is 9.59 Å². The summed E-state index contributed by atoms with van der Waals surface area (Å²) < 4.78 is 1.85. The van der Waals surface area contributed by atoms with Gasteiger partial charge in [-0.1, -0.05) is 35.5 Å². The molecule has 0 saturated carbocycles. The van der Waals surface area contributed by atoms with Crippen molar-refractivity contribution in [1.82, 2.24) is 30.9 Å². The zero-order chi connectivity index (χ0) is 19.1. The largest absolute Gasteiger partial charge is 0.352 e. The summed E-state index contributed by atoms with van der Waals surface area (Å²) in [7, 11) is 0. The Hall–Kier alpha value is -2.45. The van der Waals surface area contributed by atoms with Crippen molar-refractivity contribution < 1.29 is 9.59 Å². The number of nitrogens with zero attached hydrogens (tertiary/aromatic N) is 3. The second kappa shape index (κ2) is 10.8. The first-order valence-corrected chi connectivity index (χ1v) is 9.36. The number of amides is 2. The normalized spacial score (nSPS) is 14.2. The molecule has 3 N–H and O–H groups in total. The molecule has 0 aliphatic carbocycles. The molecule has 2 amide bonds. The predicted octanol–water partition coefficient (Wildman–Crippen LogP) is 1.37. The van der Waals surface area contributed by atoms with Crippen LogP contribution in [0.2, 0.25) is 0 Å². The first kappa shape index (κ1) is 21.8. The smallest absolute Gasteiger partial charge is 0.273 e. The molecule has 152 valence electrons. The van der Waals surface area contributed by atoms with E-state index in [1.54, 1.807) is 0 Å². The molecular formula is C19H27ClN6O2. The summed E-state index contributed by atoms with van der Waals surface area (Å²) in [5.74, 6) is -0.391. The van der Waals surface area contributed by atoms with Gasteiger partial charge in [-0.05, 0) is 38.4 Å². The van der Waals surface area contributed by atoms with Crippen molar-refractivity contribution in [2.45, 2.75) is 38.8 Å². The van der Waals surface area contributed by atoms with E-state index in [2.05, 4.69) is 26.3 Å². The number of halogens is 1. The fourth-order valence-electron chi connectivity index (χ4n) is 3.21. The van der Waals surface area contributed by atoms with Crippen LogP contribution in [-0.4, -0.2) is 46.4 Å². The van der Waals surface area contributed by atoms with Gasteiger partial charge in [-0.2, -0.15) is 0 Å². The number of aromatic nitrogens is 3.